The number of para-hydroxylation sites is 2. The van der Waals surface area contributed by atoms with Crippen molar-refractivity contribution in [1.29, 1.82) is 0 Å². The van der Waals surface area contributed by atoms with E-state index in [4.69, 9.17) is 15.4 Å². The monoisotopic (exact) mass is 694 g/mol. The molecule has 0 spiro atoms. The normalized spacial score (nSPS) is 17.9. The molecule has 2 atom stereocenters. The highest BCUT2D eigenvalue weighted by molar-refractivity contribution is 6.20. The largest absolute Gasteiger partial charge is 0.456 e. The smallest absolute Gasteiger partial charge is 0.135 e. The van der Waals surface area contributed by atoms with Gasteiger partial charge in [0.1, 0.15) is 22.3 Å². The molecule has 0 fully saturated rings. The molecule has 3 aliphatic carbocycles. The molecule has 6 aromatic carbocycles. The first-order valence-electron chi connectivity index (χ1n) is 19.0. The second-order valence-corrected chi connectivity index (χ2v) is 15.3. The van der Waals surface area contributed by atoms with Crippen LogP contribution in [0.1, 0.15) is 54.5 Å². The summed E-state index contributed by atoms with van der Waals surface area (Å²) in [6.07, 6.45) is 11.3. The molecule has 0 aliphatic heterocycles. The third kappa shape index (κ3) is 4.06. The lowest BCUT2D eigenvalue weighted by molar-refractivity contribution is 0.668. The molecule has 2 unspecified atom stereocenters. The molecule has 0 saturated heterocycles. The molecule has 3 aliphatic rings. The molecule has 2 nitrogen and oxygen atoms in total. The Hall–Kier alpha value is -6.38. The minimum absolute atomic E-state index is 0.0926. The van der Waals surface area contributed by atoms with Gasteiger partial charge in [-0.2, -0.15) is 0 Å². The summed E-state index contributed by atoms with van der Waals surface area (Å²) in [5, 5.41) is 4.51. The Labute approximate surface area is 314 Å². The number of hydrogen-bond acceptors (Lipinski definition) is 2. The van der Waals surface area contributed by atoms with E-state index < -0.39 is 0 Å². The molecule has 258 valence electrons. The molecule has 2 heteroatoms. The molecular formula is C52H38O2. The van der Waals surface area contributed by atoms with Crippen LogP contribution in [-0.2, 0) is 0 Å². The number of benzene rings is 6. The van der Waals surface area contributed by atoms with Crippen molar-refractivity contribution in [2.75, 3.05) is 0 Å². The molecule has 0 N–H and O–H groups in total. The number of furan rings is 2. The van der Waals surface area contributed by atoms with E-state index in [1.807, 2.05) is 12.1 Å². The number of allylic oxidation sites excluding steroid dienone is 7. The Bertz CT molecular complexity index is 3080. The average Bonchev–Trinajstić information content (AvgIpc) is 3.94. The molecule has 0 radical (unpaired) electrons. The van der Waals surface area contributed by atoms with Gasteiger partial charge in [0.25, 0.3) is 0 Å². The predicted octanol–water partition coefficient (Wildman–Crippen LogP) is 14.8. The van der Waals surface area contributed by atoms with Gasteiger partial charge in [0.05, 0.1) is 0 Å². The fourth-order valence-electron chi connectivity index (χ4n) is 9.95. The van der Waals surface area contributed by atoms with E-state index >= 15 is 0 Å². The average molecular weight is 695 g/mol. The van der Waals surface area contributed by atoms with Crippen molar-refractivity contribution in [2.45, 2.75) is 26.7 Å². The Morgan fingerprint density at radius 1 is 0.611 bits per heavy atom. The van der Waals surface area contributed by atoms with E-state index in [1.165, 1.54) is 72.3 Å². The fraction of sp³-hybridized carbons (Fsp3) is 0.115. The van der Waals surface area contributed by atoms with E-state index in [9.17, 15) is 0 Å². The van der Waals surface area contributed by atoms with Crippen LogP contribution in [0.3, 0.4) is 0 Å². The quantitative estimate of drug-likeness (QED) is 0.171. The summed E-state index contributed by atoms with van der Waals surface area (Å²) in [5.74, 6) is 0.584. The van der Waals surface area contributed by atoms with Crippen LogP contribution in [0, 0.1) is 11.8 Å². The van der Waals surface area contributed by atoms with Crippen molar-refractivity contribution in [2.24, 2.45) is 11.8 Å². The maximum atomic E-state index is 6.37. The molecule has 2 heterocycles. The summed E-state index contributed by atoms with van der Waals surface area (Å²) in [4.78, 5) is 0. The molecule has 11 rings (SSSR count). The molecule has 0 saturated carbocycles. The van der Waals surface area contributed by atoms with Crippen LogP contribution >= 0.6 is 0 Å². The number of fused-ring (bicyclic) bond motifs is 12. The van der Waals surface area contributed by atoms with Crippen molar-refractivity contribution < 1.29 is 8.83 Å². The second kappa shape index (κ2) is 11.3. The van der Waals surface area contributed by atoms with Gasteiger partial charge >= 0.3 is 0 Å². The van der Waals surface area contributed by atoms with Gasteiger partial charge in [-0.15, -0.1) is 6.58 Å². The Morgan fingerprint density at radius 3 is 1.83 bits per heavy atom. The highest BCUT2D eigenvalue weighted by Gasteiger charge is 2.44. The van der Waals surface area contributed by atoms with Crippen molar-refractivity contribution in [3.63, 3.8) is 0 Å². The maximum Gasteiger partial charge on any atom is 0.135 e. The maximum absolute atomic E-state index is 6.37. The van der Waals surface area contributed by atoms with Crippen LogP contribution in [0.25, 0.3) is 94.0 Å². The summed E-state index contributed by atoms with van der Waals surface area (Å²) in [6, 6.07) is 37.2. The first kappa shape index (κ1) is 31.2. The highest BCUT2D eigenvalue weighted by Crippen LogP contribution is 2.63. The zero-order chi connectivity index (χ0) is 36.4. The standard InChI is InChI=1S/C52H38O2/c1-6-30-14-12-18-37-45(30)29(5)46-47(31-22-24-43-39(26-31)35-15-8-10-20-41(35)53-43)52-38-19-13-17-34(28(3)4)49(38)33(7-2)50(52)48(51(37)46)32-23-25-44-40(27-32)36-16-9-11-21-42(36)54-44/h6-28,30,45H,1,5H2,2-4H3/b33-7+. The SMILES string of the molecule is C=CC1C=CC=C2c3c(c(-c4ccc5oc6ccccc6c5c4)c4c(c3-c3ccc5oc6ccccc6c5c3)/C(=C/C)c3c-4cccc3C(C)C)C(=C)C21. The predicted molar refractivity (Wildman–Crippen MR) is 227 cm³/mol. The highest BCUT2D eigenvalue weighted by atomic mass is 16.3. The van der Waals surface area contributed by atoms with Gasteiger partial charge < -0.3 is 8.83 Å². The van der Waals surface area contributed by atoms with Crippen LogP contribution in [0.2, 0.25) is 0 Å². The molecule has 2 aromatic heterocycles. The van der Waals surface area contributed by atoms with Crippen molar-refractivity contribution in [1.82, 2.24) is 0 Å². The minimum Gasteiger partial charge on any atom is -0.456 e. The van der Waals surface area contributed by atoms with Crippen molar-refractivity contribution in [3.05, 3.63) is 174 Å². The van der Waals surface area contributed by atoms with Crippen LogP contribution in [0.4, 0.5) is 0 Å². The number of rotatable bonds is 4. The fourth-order valence-corrected chi connectivity index (χ4v) is 9.95. The minimum atomic E-state index is 0.0926. The van der Waals surface area contributed by atoms with Gasteiger partial charge in [-0.25, -0.2) is 0 Å². The number of hydrogen-bond donors (Lipinski definition) is 0. The van der Waals surface area contributed by atoms with Crippen LogP contribution < -0.4 is 0 Å². The molecule has 54 heavy (non-hydrogen) atoms. The van der Waals surface area contributed by atoms with Gasteiger partial charge in [0.15, 0.2) is 0 Å². The first-order chi connectivity index (χ1) is 26.5. The van der Waals surface area contributed by atoms with Gasteiger partial charge in [0.2, 0.25) is 0 Å². The summed E-state index contributed by atoms with van der Waals surface area (Å²) in [7, 11) is 0. The van der Waals surface area contributed by atoms with Gasteiger partial charge in [0, 0.05) is 33.4 Å². The summed E-state index contributed by atoms with van der Waals surface area (Å²) < 4.78 is 12.7. The molecular weight excluding hydrogens is 657 g/mol. The van der Waals surface area contributed by atoms with Crippen LogP contribution in [-0.4, -0.2) is 0 Å². The van der Waals surface area contributed by atoms with Gasteiger partial charge in [-0.1, -0.05) is 118 Å². The molecule has 0 bridgehead atoms. The lowest BCUT2D eigenvalue weighted by atomic mass is 9.79. The third-order valence-corrected chi connectivity index (χ3v) is 12.2. The van der Waals surface area contributed by atoms with E-state index in [-0.39, 0.29) is 11.8 Å². The van der Waals surface area contributed by atoms with E-state index in [1.54, 1.807) is 0 Å². The summed E-state index contributed by atoms with van der Waals surface area (Å²) >= 11 is 0. The lowest BCUT2D eigenvalue weighted by Gasteiger charge is -2.24. The van der Waals surface area contributed by atoms with Crippen LogP contribution in [0.15, 0.2) is 156 Å². The second-order valence-electron chi connectivity index (χ2n) is 15.3. The topological polar surface area (TPSA) is 26.3 Å². The van der Waals surface area contributed by atoms with Crippen molar-refractivity contribution >= 4 is 60.6 Å². The lowest BCUT2D eigenvalue weighted by Crippen LogP contribution is -2.11. The Morgan fingerprint density at radius 2 is 1.22 bits per heavy atom. The third-order valence-electron chi connectivity index (χ3n) is 12.2. The van der Waals surface area contributed by atoms with Gasteiger partial charge in [-0.3, -0.25) is 0 Å². The van der Waals surface area contributed by atoms with E-state index in [0.29, 0.717) is 5.92 Å². The van der Waals surface area contributed by atoms with E-state index in [0.717, 1.165) is 49.5 Å². The summed E-state index contributed by atoms with van der Waals surface area (Å²) in [5.41, 5.74) is 21.3. The Balaban J connectivity index is 1.34. The first-order valence-corrected chi connectivity index (χ1v) is 19.0. The van der Waals surface area contributed by atoms with Crippen LogP contribution in [0.5, 0.6) is 0 Å². The molecule has 0 amide bonds. The Kier molecular flexibility index (Phi) is 6.53. The summed E-state index contributed by atoms with van der Waals surface area (Å²) in [6.45, 7) is 16.1. The van der Waals surface area contributed by atoms with E-state index in [2.05, 4.69) is 149 Å². The molecule has 8 aromatic rings. The van der Waals surface area contributed by atoms with Gasteiger partial charge in [-0.05, 0) is 127 Å². The zero-order valence-corrected chi connectivity index (χ0v) is 30.7. The van der Waals surface area contributed by atoms with Crippen molar-refractivity contribution in [3.8, 4) is 33.4 Å². The zero-order valence-electron chi connectivity index (χ0n) is 30.7.